The van der Waals surface area contributed by atoms with Gasteiger partial charge in [0.15, 0.2) is 0 Å². The summed E-state index contributed by atoms with van der Waals surface area (Å²) in [7, 11) is 0. The molecule has 3 N–H and O–H groups in total. The number of H-pyrrole nitrogens is 2. The first-order chi connectivity index (χ1) is 13.8. The van der Waals surface area contributed by atoms with Crippen molar-refractivity contribution in [2.75, 3.05) is 13.1 Å². The summed E-state index contributed by atoms with van der Waals surface area (Å²) in [5.74, 6) is 0.320. The Balaban J connectivity index is 1.49. The van der Waals surface area contributed by atoms with Gasteiger partial charge in [0.1, 0.15) is 17.9 Å². The molecule has 1 saturated heterocycles. The third-order valence-electron chi connectivity index (χ3n) is 4.87. The number of fused-ring (bicyclic) bond motifs is 1. The van der Waals surface area contributed by atoms with Crippen LogP contribution in [-0.4, -0.2) is 55.5 Å². The van der Waals surface area contributed by atoms with E-state index in [1.807, 2.05) is 18.5 Å². The number of hydrogen-bond acceptors (Lipinski definition) is 6. The van der Waals surface area contributed by atoms with Gasteiger partial charge in [0, 0.05) is 47.2 Å². The van der Waals surface area contributed by atoms with Gasteiger partial charge in [-0.05, 0) is 19.0 Å². The largest absolute Gasteiger partial charge is 0.470 e. The average molecular weight is 379 g/mol. The zero-order valence-electron chi connectivity index (χ0n) is 14.9. The Bertz CT molecular complexity index is 1090. The quantitative estimate of drug-likeness (QED) is 0.503. The molecule has 1 fully saturated rings. The molecule has 0 unspecified atom stereocenters. The molecule has 1 aliphatic heterocycles. The van der Waals surface area contributed by atoms with Crippen LogP contribution in [0.2, 0.25) is 0 Å². The Hall–Kier alpha value is -3.33. The first-order valence-electron chi connectivity index (χ1n) is 9.08. The molecule has 0 saturated carbocycles. The normalized spacial score (nSPS) is 19.8. The minimum atomic E-state index is -1.06. The lowest BCUT2D eigenvalue weighted by Crippen LogP contribution is -2.44. The molecule has 28 heavy (non-hydrogen) atoms. The first kappa shape index (κ1) is 16.8. The Kier molecular flexibility index (Phi) is 4.21. The average Bonchev–Trinajstić information content (AvgIpc) is 3.39. The van der Waals surface area contributed by atoms with Crippen LogP contribution in [0.15, 0.2) is 43.2 Å². The molecule has 0 bridgehead atoms. The number of ether oxygens (including phenoxy) is 1. The number of pyridine rings is 1. The third kappa shape index (κ3) is 3.09. The summed E-state index contributed by atoms with van der Waals surface area (Å²) in [6.45, 7) is 1.02. The highest BCUT2D eigenvalue weighted by atomic mass is 19.1. The highest BCUT2D eigenvalue weighted by Gasteiger charge is 2.26. The van der Waals surface area contributed by atoms with Crippen molar-refractivity contribution in [3.63, 3.8) is 0 Å². The second kappa shape index (κ2) is 7.01. The van der Waals surface area contributed by atoms with Crippen LogP contribution in [0.5, 0.6) is 5.88 Å². The maximum absolute atomic E-state index is 14.0. The van der Waals surface area contributed by atoms with E-state index in [1.54, 1.807) is 18.6 Å². The number of alkyl halides is 1. The van der Waals surface area contributed by atoms with Gasteiger partial charge in [-0.1, -0.05) is 0 Å². The molecule has 0 aliphatic carbocycles. The van der Waals surface area contributed by atoms with Crippen LogP contribution in [-0.2, 0) is 0 Å². The molecular formula is C19H18FN7O. The van der Waals surface area contributed by atoms with Crippen molar-refractivity contribution in [1.82, 2.24) is 35.5 Å². The summed E-state index contributed by atoms with van der Waals surface area (Å²) in [4.78, 5) is 16.4. The van der Waals surface area contributed by atoms with Crippen molar-refractivity contribution in [1.29, 1.82) is 0 Å². The van der Waals surface area contributed by atoms with E-state index in [9.17, 15) is 4.39 Å². The van der Waals surface area contributed by atoms with Crippen LogP contribution < -0.4 is 10.1 Å². The molecule has 4 aromatic rings. The Morgan fingerprint density at radius 1 is 1.11 bits per heavy atom. The van der Waals surface area contributed by atoms with Crippen LogP contribution in [0.25, 0.3) is 33.4 Å². The van der Waals surface area contributed by atoms with Crippen molar-refractivity contribution in [3.8, 4) is 28.3 Å². The number of rotatable bonds is 4. The van der Waals surface area contributed by atoms with Crippen molar-refractivity contribution < 1.29 is 9.13 Å². The second-order valence-electron chi connectivity index (χ2n) is 6.72. The van der Waals surface area contributed by atoms with Gasteiger partial charge in [-0.3, -0.25) is 10.1 Å². The van der Waals surface area contributed by atoms with Gasteiger partial charge in [-0.15, -0.1) is 0 Å². The Labute approximate surface area is 159 Å². The fourth-order valence-corrected chi connectivity index (χ4v) is 3.40. The van der Waals surface area contributed by atoms with Gasteiger partial charge in [-0.2, -0.15) is 5.10 Å². The number of nitrogens with zero attached hydrogens (tertiary/aromatic N) is 4. The van der Waals surface area contributed by atoms with Crippen molar-refractivity contribution >= 4 is 11.0 Å². The number of aromatic nitrogens is 6. The van der Waals surface area contributed by atoms with E-state index < -0.39 is 12.3 Å². The molecule has 8 nitrogen and oxygen atoms in total. The molecule has 142 valence electrons. The molecule has 0 spiro atoms. The molecule has 2 atom stereocenters. The summed E-state index contributed by atoms with van der Waals surface area (Å²) >= 11 is 0. The number of hydrogen-bond donors (Lipinski definition) is 3. The standard InChI is InChI=1S/C19H18FN7O/c20-15-8-21-2-1-17(15)28-18-10-22-9-16(27-18)14-7-24-19-13(14)3-11(4-23-19)12-5-25-26-6-12/h3-7,9-10,15,17,21H,1-2,8H2,(H,23,24)(H,25,26)/t15-,17-/m1/s1. The van der Waals surface area contributed by atoms with E-state index in [0.29, 0.717) is 24.5 Å². The van der Waals surface area contributed by atoms with Gasteiger partial charge in [0.25, 0.3) is 0 Å². The highest BCUT2D eigenvalue weighted by Crippen LogP contribution is 2.30. The molecular weight excluding hydrogens is 361 g/mol. The number of aromatic amines is 2. The predicted octanol–water partition coefficient (Wildman–Crippen LogP) is 2.49. The van der Waals surface area contributed by atoms with Crippen LogP contribution in [0.1, 0.15) is 6.42 Å². The van der Waals surface area contributed by atoms with Gasteiger partial charge >= 0.3 is 0 Å². The highest BCUT2D eigenvalue weighted by molar-refractivity contribution is 5.94. The third-order valence-corrected chi connectivity index (χ3v) is 4.87. The number of nitrogens with one attached hydrogen (secondary N) is 3. The van der Waals surface area contributed by atoms with E-state index in [0.717, 1.165) is 34.3 Å². The fourth-order valence-electron chi connectivity index (χ4n) is 3.40. The first-order valence-corrected chi connectivity index (χ1v) is 9.08. The van der Waals surface area contributed by atoms with Crippen molar-refractivity contribution in [2.24, 2.45) is 0 Å². The van der Waals surface area contributed by atoms with E-state index in [1.165, 1.54) is 6.20 Å². The van der Waals surface area contributed by atoms with Crippen LogP contribution in [0.3, 0.4) is 0 Å². The summed E-state index contributed by atoms with van der Waals surface area (Å²) < 4.78 is 19.8. The monoisotopic (exact) mass is 379 g/mol. The van der Waals surface area contributed by atoms with E-state index >= 15 is 0 Å². The summed E-state index contributed by atoms with van der Waals surface area (Å²) in [6.07, 6.45) is 9.39. The van der Waals surface area contributed by atoms with Crippen LogP contribution in [0.4, 0.5) is 4.39 Å². The zero-order chi connectivity index (χ0) is 18.9. The second-order valence-corrected chi connectivity index (χ2v) is 6.72. The van der Waals surface area contributed by atoms with Gasteiger partial charge in [0.05, 0.1) is 24.3 Å². The zero-order valence-corrected chi connectivity index (χ0v) is 14.9. The lowest BCUT2D eigenvalue weighted by molar-refractivity contribution is 0.0691. The Morgan fingerprint density at radius 2 is 2.07 bits per heavy atom. The molecule has 5 rings (SSSR count). The maximum atomic E-state index is 14.0. The maximum Gasteiger partial charge on any atom is 0.233 e. The van der Waals surface area contributed by atoms with Gasteiger partial charge in [0.2, 0.25) is 5.88 Å². The molecule has 0 radical (unpaired) electrons. The molecule has 4 aromatic heterocycles. The number of piperidine rings is 1. The van der Waals surface area contributed by atoms with Crippen molar-refractivity contribution in [2.45, 2.75) is 18.7 Å². The summed E-state index contributed by atoms with van der Waals surface area (Å²) in [6, 6.07) is 2.03. The van der Waals surface area contributed by atoms with Gasteiger partial charge < -0.3 is 15.0 Å². The minimum Gasteiger partial charge on any atom is -0.470 e. The number of halogens is 1. The van der Waals surface area contributed by atoms with Crippen LogP contribution in [0, 0.1) is 0 Å². The lowest BCUT2D eigenvalue weighted by Gasteiger charge is -2.26. The minimum absolute atomic E-state index is 0.294. The topological polar surface area (TPSA) is 104 Å². The SMILES string of the molecule is F[C@@H]1CNCC[C@H]1Oc1cncc(-c2c[nH]c3ncc(-c4cn[nH]c4)cc23)n1. The fraction of sp³-hybridized carbons (Fsp3) is 0.263. The molecule has 1 aliphatic rings. The summed E-state index contributed by atoms with van der Waals surface area (Å²) in [5, 5.41) is 10.7. The molecule has 0 amide bonds. The summed E-state index contributed by atoms with van der Waals surface area (Å²) in [5.41, 5.74) is 4.13. The molecule has 5 heterocycles. The predicted molar refractivity (Wildman–Crippen MR) is 102 cm³/mol. The molecule has 0 aromatic carbocycles. The lowest BCUT2D eigenvalue weighted by atomic mass is 10.1. The van der Waals surface area contributed by atoms with E-state index in [-0.39, 0.29) is 0 Å². The van der Waals surface area contributed by atoms with Crippen LogP contribution >= 0.6 is 0 Å². The van der Waals surface area contributed by atoms with E-state index in [2.05, 4.69) is 35.5 Å². The van der Waals surface area contributed by atoms with E-state index in [4.69, 9.17) is 4.74 Å². The smallest absolute Gasteiger partial charge is 0.233 e. The van der Waals surface area contributed by atoms with Gasteiger partial charge in [-0.25, -0.2) is 14.4 Å². The molecule has 9 heteroatoms. The van der Waals surface area contributed by atoms with Crippen molar-refractivity contribution in [3.05, 3.63) is 43.2 Å². The Morgan fingerprint density at radius 3 is 2.93 bits per heavy atom.